The van der Waals surface area contributed by atoms with E-state index in [1.807, 2.05) is 36.4 Å². The molecular weight excluding hydrogens is 354 g/mol. The molecule has 0 saturated carbocycles. The molecule has 3 rings (SSSR count). The number of benzene rings is 2. The monoisotopic (exact) mass is 373 g/mol. The number of nitriles is 1. The molecule has 0 aliphatic carbocycles. The summed E-state index contributed by atoms with van der Waals surface area (Å²) in [5.41, 5.74) is 1.69. The van der Waals surface area contributed by atoms with Crippen LogP contribution in [0.1, 0.15) is 22.3 Å². The number of rotatable bonds is 5. The Balaban J connectivity index is 2.07. The van der Waals surface area contributed by atoms with Crippen LogP contribution in [0.25, 0.3) is 0 Å². The van der Waals surface area contributed by atoms with E-state index in [-0.39, 0.29) is 18.0 Å². The zero-order valence-electron chi connectivity index (χ0n) is 15.6. The number of hydrogen-bond acceptors (Lipinski definition) is 5. The van der Waals surface area contributed by atoms with E-state index in [2.05, 4.69) is 4.99 Å². The summed E-state index contributed by atoms with van der Waals surface area (Å²) in [4.78, 5) is 17.0. The van der Waals surface area contributed by atoms with Gasteiger partial charge in [0.15, 0.2) is 0 Å². The summed E-state index contributed by atoms with van der Waals surface area (Å²) in [6, 6.07) is 18.3. The Morgan fingerprint density at radius 3 is 2.46 bits per heavy atom. The number of aromatic hydroxyl groups is 1. The van der Waals surface area contributed by atoms with Gasteiger partial charge in [0.25, 0.3) is 5.56 Å². The van der Waals surface area contributed by atoms with Crippen LogP contribution in [0, 0.1) is 18.3 Å². The quantitative estimate of drug-likeness (QED) is 0.693. The Bertz CT molecular complexity index is 1110. The van der Waals surface area contributed by atoms with Crippen molar-refractivity contribution in [3.8, 4) is 17.7 Å². The van der Waals surface area contributed by atoms with Crippen LogP contribution in [0.5, 0.6) is 11.6 Å². The van der Waals surface area contributed by atoms with Crippen molar-refractivity contribution in [3.05, 3.63) is 87.2 Å². The first-order valence-electron chi connectivity index (χ1n) is 8.63. The zero-order valence-corrected chi connectivity index (χ0v) is 15.6. The first-order chi connectivity index (χ1) is 13.5. The lowest BCUT2D eigenvalue weighted by Gasteiger charge is -2.14. The maximum Gasteiger partial charge on any atom is 0.271 e. The molecule has 6 nitrogen and oxygen atoms in total. The minimum Gasteiger partial charge on any atom is -0.497 e. The number of pyridine rings is 1. The van der Waals surface area contributed by atoms with Gasteiger partial charge in [-0.1, -0.05) is 30.3 Å². The molecule has 0 amide bonds. The minimum absolute atomic E-state index is 0.00934. The van der Waals surface area contributed by atoms with E-state index in [0.717, 1.165) is 5.56 Å². The molecule has 3 aromatic rings. The average Bonchev–Trinajstić information content (AvgIpc) is 2.72. The van der Waals surface area contributed by atoms with Crippen molar-refractivity contribution in [1.82, 2.24) is 4.57 Å². The fourth-order valence-electron chi connectivity index (χ4n) is 2.85. The van der Waals surface area contributed by atoms with Crippen LogP contribution in [0.15, 0.2) is 64.4 Å². The number of methoxy groups -OCH3 is 1. The van der Waals surface area contributed by atoms with Crippen LogP contribution in [0.3, 0.4) is 0 Å². The zero-order chi connectivity index (χ0) is 20.1. The lowest BCUT2D eigenvalue weighted by atomic mass is 10.1. The molecule has 0 fully saturated rings. The molecule has 0 saturated heterocycles. The Hall–Kier alpha value is -3.85. The van der Waals surface area contributed by atoms with Gasteiger partial charge in [0.2, 0.25) is 5.88 Å². The fourth-order valence-corrected chi connectivity index (χ4v) is 2.85. The second-order valence-corrected chi connectivity index (χ2v) is 6.18. The van der Waals surface area contributed by atoms with Crippen molar-refractivity contribution in [2.75, 3.05) is 7.11 Å². The summed E-state index contributed by atoms with van der Waals surface area (Å²) in [5.74, 6) is 0.490. The first-order valence-corrected chi connectivity index (χ1v) is 8.63. The predicted molar refractivity (Wildman–Crippen MR) is 108 cm³/mol. The van der Waals surface area contributed by atoms with Gasteiger partial charge in [0, 0.05) is 6.21 Å². The van der Waals surface area contributed by atoms with Crippen LogP contribution < -0.4 is 10.3 Å². The summed E-state index contributed by atoms with van der Waals surface area (Å²) < 4.78 is 6.31. The summed E-state index contributed by atoms with van der Waals surface area (Å²) in [6.45, 7) is 1.78. The Labute approximate surface area is 162 Å². The largest absolute Gasteiger partial charge is 0.497 e. The van der Waals surface area contributed by atoms with Crippen molar-refractivity contribution in [2.24, 2.45) is 4.99 Å². The van der Waals surface area contributed by atoms with E-state index >= 15 is 0 Å². The smallest absolute Gasteiger partial charge is 0.271 e. The Morgan fingerprint density at radius 1 is 1.18 bits per heavy atom. The normalized spacial score (nSPS) is 10.8. The van der Waals surface area contributed by atoms with Crippen LogP contribution in [0.4, 0.5) is 5.69 Å². The Kier molecular flexibility index (Phi) is 5.56. The predicted octanol–water partition coefficient (Wildman–Crippen LogP) is 3.54. The van der Waals surface area contributed by atoms with Gasteiger partial charge in [-0.3, -0.25) is 14.4 Å². The average molecular weight is 373 g/mol. The van der Waals surface area contributed by atoms with E-state index in [1.165, 1.54) is 10.8 Å². The van der Waals surface area contributed by atoms with Crippen molar-refractivity contribution in [2.45, 2.75) is 13.5 Å². The Morgan fingerprint density at radius 2 is 1.86 bits per heavy atom. The number of hydrogen-bond donors (Lipinski definition) is 1. The SMILES string of the molecule is COc1ccc(N=Cc2c(C)c(C#N)c(=O)n(Cc3ccccc3)c2O)cc1. The number of nitrogens with zero attached hydrogens (tertiary/aromatic N) is 3. The molecule has 140 valence electrons. The van der Waals surface area contributed by atoms with Gasteiger partial charge < -0.3 is 9.84 Å². The molecule has 0 bridgehead atoms. The summed E-state index contributed by atoms with van der Waals surface area (Å²) in [7, 11) is 1.58. The van der Waals surface area contributed by atoms with Crippen LogP contribution in [0.2, 0.25) is 0 Å². The highest BCUT2D eigenvalue weighted by atomic mass is 16.5. The van der Waals surface area contributed by atoms with E-state index in [0.29, 0.717) is 22.6 Å². The topological polar surface area (TPSA) is 87.6 Å². The molecule has 0 aliphatic heterocycles. The highest BCUT2D eigenvalue weighted by Gasteiger charge is 2.18. The molecule has 0 radical (unpaired) electrons. The lowest BCUT2D eigenvalue weighted by molar-refractivity contribution is 0.413. The van der Waals surface area contributed by atoms with E-state index in [4.69, 9.17) is 4.74 Å². The molecule has 1 aromatic heterocycles. The van der Waals surface area contributed by atoms with Gasteiger partial charge in [-0.05, 0) is 42.3 Å². The van der Waals surface area contributed by atoms with E-state index in [9.17, 15) is 15.2 Å². The molecule has 2 aromatic carbocycles. The summed E-state index contributed by atoms with van der Waals surface area (Å²) in [6.07, 6.45) is 1.47. The van der Waals surface area contributed by atoms with Crippen molar-refractivity contribution < 1.29 is 9.84 Å². The highest BCUT2D eigenvalue weighted by Crippen LogP contribution is 2.23. The molecule has 0 aliphatic rings. The van der Waals surface area contributed by atoms with E-state index < -0.39 is 5.56 Å². The summed E-state index contributed by atoms with van der Waals surface area (Å²) >= 11 is 0. The molecule has 0 atom stereocenters. The number of aromatic nitrogens is 1. The highest BCUT2D eigenvalue weighted by molar-refractivity contribution is 5.87. The third-order valence-electron chi connectivity index (χ3n) is 4.45. The second kappa shape index (κ2) is 8.23. The molecule has 0 spiro atoms. The van der Waals surface area contributed by atoms with Crippen molar-refractivity contribution >= 4 is 11.9 Å². The molecule has 28 heavy (non-hydrogen) atoms. The number of ether oxygens (including phenoxy) is 1. The van der Waals surface area contributed by atoms with Crippen LogP contribution in [-0.2, 0) is 6.54 Å². The minimum atomic E-state index is -0.525. The summed E-state index contributed by atoms with van der Waals surface area (Å²) in [5, 5.41) is 20.2. The third-order valence-corrected chi connectivity index (χ3v) is 4.45. The van der Waals surface area contributed by atoms with Gasteiger partial charge in [-0.2, -0.15) is 5.26 Å². The van der Waals surface area contributed by atoms with Gasteiger partial charge in [-0.15, -0.1) is 0 Å². The maximum absolute atomic E-state index is 12.7. The second-order valence-electron chi connectivity index (χ2n) is 6.18. The van der Waals surface area contributed by atoms with Gasteiger partial charge in [-0.25, -0.2) is 0 Å². The molecular formula is C22H19N3O3. The fraction of sp³-hybridized carbons (Fsp3) is 0.136. The standard InChI is InChI=1S/C22H19N3O3/c1-15-19(12-23)21(26)25(14-16-6-4-3-5-7-16)22(27)20(15)13-24-17-8-10-18(28-2)11-9-17/h3-11,13,27H,14H2,1-2H3. The van der Waals surface area contributed by atoms with Crippen molar-refractivity contribution in [3.63, 3.8) is 0 Å². The number of aliphatic imine (C=N–C) groups is 1. The molecule has 1 heterocycles. The van der Waals surface area contributed by atoms with Gasteiger partial charge in [0.1, 0.15) is 17.4 Å². The third kappa shape index (κ3) is 3.79. The molecule has 1 N–H and O–H groups in total. The molecule has 6 heteroatoms. The molecule has 0 unspecified atom stereocenters. The lowest BCUT2D eigenvalue weighted by Crippen LogP contribution is -2.25. The van der Waals surface area contributed by atoms with E-state index in [1.54, 1.807) is 38.3 Å². The maximum atomic E-state index is 12.7. The van der Waals surface area contributed by atoms with Crippen LogP contribution >= 0.6 is 0 Å². The van der Waals surface area contributed by atoms with Crippen molar-refractivity contribution in [1.29, 1.82) is 5.26 Å². The van der Waals surface area contributed by atoms with Gasteiger partial charge in [0.05, 0.1) is 24.9 Å². The van der Waals surface area contributed by atoms with Gasteiger partial charge >= 0.3 is 0 Å². The van der Waals surface area contributed by atoms with Crippen LogP contribution in [-0.4, -0.2) is 23.0 Å². The first kappa shape index (κ1) is 18.9.